The smallest absolute Gasteiger partial charge is 0.326 e. The van der Waals surface area contributed by atoms with Crippen molar-refractivity contribution in [3.05, 3.63) is 11.7 Å². The first-order valence-electron chi connectivity index (χ1n) is 6.26. The van der Waals surface area contributed by atoms with Crippen molar-refractivity contribution in [3.8, 4) is 0 Å². The van der Waals surface area contributed by atoms with E-state index in [1.54, 1.807) is 27.7 Å². The highest BCUT2D eigenvalue weighted by atomic mass is 16.5. The number of aryl methyl sites for hydroxylation is 1. The molecule has 1 unspecified atom stereocenters. The minimum absolute atomic E-state index is 0.282. The molecular weight excluding hydrogens is 264 g/mol. The molecule has 8 heteroatoms. The number of amides is 2. The summed E-state index contributed by atoms with van der Waals surface area (Å²) in [6, 6.07) is -1.50. The summed E-state index contributed by atoms with van der Waals surface area (Å²) >= 11 is 0. The summed E-state index contributed by atoms with van der Waals surface area (Å²) in [5.41, 5.74) is -0.577. The lowest BCUT2D eigenvalue weighted by Crippen LogP contribution is -2.52. The van der Waals surface area contributed by atoms with Crippen molar-refractivity contribution in [2.24, 2.45) is 5.41 Å². The molecule has 0 aliphatic rings. The van der Waals surface area contributed by atoms with E-state index >= 15 is 0 Å². The molecule has 0 aromatic carbocycles. The summed E-state index contributed by atoms with van der Waals surface area (Å²) in [5.74, 6) is -0.114. The second-order valence-corrected chi connectivity index (χ2v) is 5.52. The molecule has 8 nitrogen and oxygen atoms in total. The van der Waals surface area contributed by atoms with Crippen LogP contribution >= 0.6 is 0 Å². The first-order valence-corrected chi connectivity index (χ1v) is 6.26. The summed E-state index contributed by atoms with van der Waals surface area (Å²) in [6.07, 6.45) is 0.390. The highest BCUT2D eigenvalue weighted by Crippen LogP contribution is 2.19. The average molecular weight is 284 g/mol. The van der Waals surface area contributed by atoms with Gasteiger partial charge < -0.3 is 20.3 Å². The van der Waals surface area contributed by atoms with Crippen LogP contribution in [0.4, 0.5) is 4.79 Å². The Morgan fingerprint density at radius 2 is 2.05 bits per heavy atom. The van der Waals surface area contributed by atoms with Crippen LogP contribution in [-0.4, -0.2) is 39.8 Å². The number of aromatic nitrogens is 2. The van der Waals surface area contributed by atoms with Crippen LogP contribution in [0.15, 0.2) is 4.52 Å². The number of carbonyl (C=O) groups excluding carboxylic acids is 1. The average Bonchev–Trinajstić information content (AvgIpc) is 2.70. The van der Waals surface area contributed by atoms with Gasteiger partial charge in [0.15, 0.2) is 5.82 Å². The third kappa shape index (κ3) is 4.87. The van der Waals surface area contributed by atoms with Crippen molar-refractivity contribution in [3.63, 3.8) is 0 Å². The number of hydrogen-bond donors (Lipinski definition) is 3. The minimum Gasteiger partial charge on any atom is -0.480 e. The first-order chi connectivity index (χ1) is 9.20. The number of carbonyl (C=O) groups is 2. The van der Waals surface area contributed by atoms with Crippen molar-refractivity contribution in [2.75, 3.05) is 6.54 Å². The van der Waals surface area contributed by atoms with Gasteiger partial charge in [0.05, 0.1) is 0 Å². The zero-order chi connectivity index (χ0) is 15.3. The van der Waals surface area contributed by atoms with Crippen molar-refractivity contribution in [2.45, 2.75) is 40.2 Å². The number of urea groups is 1. The molecule has 0 spiro atoms. The molecule has 112 valence electrons. The molecule has 0 aliphatic heterocycles. The molecule has 1 heterocycles. The summed E-state index contributed by atoms with van der Waals surface area (Å²) in [4.78, 5) is 26.7. The Morgan fingerprint density at radius 1 is 1.40 bits per heavy atom. The van der Waals surface area contributed by atoms with Gasteiger partial charge in [0.1, 0.15) is 6.04 Å². The van der Waals surface area contributed by atoms with Gasteiger partial charge in [-0.1, -0.05) is 25.9 Å². The molecule has 20 heavy (non-hydrogen) atoms. The molecule has 1 rings (SSSR count). The Morgan fingerprint density at radius 3 is 2.50 bits per heavy atom. The Hall–Kier alpha value is -2.12. The molecular formula is C12H20N4O4. The monoisotopic (exact) mass is 284 g/mol. The third-order valence-electron chi connectivity index (χ3n) is 2.58. The number of nitrogens with one attached hydrogen (secondary N) is 2. The van der Waals surface area contributed by atoms with Gasteiger partial charge >= 0.3 is 12.0 Å². The molecule has 0 saturated heterocycles. The fraction of sp³-hybridized carbons (Fsp3) is 0.667. The Bertz CT molecular complexity index is 478. The van der Waals surface area contributed by atoms with Crippen molar-refractivity contribution < 1.29 is 19.2 Å². The van der Waals surface area contributed by atoms with E-state index in [2.05, 4.69) is 20.8 Å². The topological polar surface area (TPSA) is 117 Å². The van der Waals surface area contributed by atoms with E-state index in [9.17, 15) is 9.59 Å². The summed E-state index contributed by atoms with van der Waals surface area (Å²) in [5, 5.41) is 17.7. The number of rotatable bonds is 5. The van der Waals surface area contributed by atoms with Crippen LogP contribution in [0.5, 0.6) is 0 Å². The summed E-state index contributed by atoms with van der Waals surface area (Å²) < 4.78 is 4.89. The molecule has 0 fully saturated rings. The van der Waals surface area contributed by atoms with Crippen LogP contribution in [0, 0.1) is 12.3 Å². The normalized spacial score (nSPS) is 12.8. The zero-order valence-electron chi connectivity index (χ0n) is 12.1. The van der Waals surface area contributed by atoms with Gasteiger partial charge in [0.25, 0.3) is 0 Å². The standard InChI is InChI=1S/C12H20N4O4/c1-7-14-8(20-16-7)5-6-13-11(19)15-9(10(17)18)12(2,3)4/h9H,5-6H2,1-4H3,(H,17,18)(H2,13,15,19). The van der Waals surface area contributed by atoms with Crippen LogP contribution in [0.1, 0.15) is 32.5 Å². The van der Waals surface area contributed by atoms with Gasteiger partial charge in [-0.25, -0.2) is 9.59 Å². The molecule has 2 amide bonds. The van der Waals surface area contributed by atoms with Crippen LogP contribution in [-0.2, 0) is 11.2 Å². The van der Waals surface area contributed by atoms with Gasteiger partial charge in [-0.2, -0.15) is 4.98 Å². The predicted molar refractivity (Wildman–Crippen MR) is 70.2 cm³/mol. The highest BCUT2D eigenvalue weighted by Gasteiger charge is 2.32. The van der Waals surface area contributed by atoms with Crippen LogP contribution in [0.25, 0.3) is 0 Å². The van der Waals surface area contributed by atoms with Gasteiger partial charge in [0, 0.05) is 13.0 Å². The highest BCUT2D eigenvalue weighted by molar-refractivity contribution is 5.83. The van der Waals surface area contributed by atoms with E-state index in [0.29, 0.717) is 18.1 Å². The number of hydrogen-bond acceptors (Lipinski definition) is 5. The van der Waals surface area contributed by atoms with Gasteiger partial charge in [-0.05, 0) is 12.3 Å². The van der Waals surface area contributed by atoms with Crippen LogP contribution in [0.3, 0.4) is 0 Å². The lowest BCUT2D eigenvalue weighted by Gasteiger charge is -2.27. The van der Waals surface area contributed by atoms with Crippen molar-refractivity contribution >= 4 is 12.0 Å². The fourth-order valence-corrected chi connectivity index (χ4v) is 1.56. The van der Waals surface area contributed by atoms with Crippen molar-refractivity contribution in [1.82, 2.24) is 20.8 Å². The molecule has 1 aromatic heterocycles. The van der Waals surface area contributed by atoms with E-state index in [1.807, 2.05) is 0 Å². The zero-order valence-corrected chi connectivity index (χ0v) is 12.1. The Labute approximate surface area is 116 Å². The van der Waals surface area contributed by atoms with E-state index < -0.39 is 23.5 Å². The van der Waals surface area contributed by atoms with E-state index in [-0.39, 0.29) is 6.54 Å². The lowest BCUT2D eigenvalue weighted by molar-refractivity contribution is -0.141. The Balaban J connectivity index is 2.41. The predicted octanol–water partition coefficient (Wildman–Crippen LogP) is 0.719. The molecule has 0 radical (unpaired) electrons. The molecule has 0 aliphatic carbocycles. The maximum absolute atomic E-state index is 11.6. The number of nitrogens with zero attached hydrogens (tertiary/aromatic N) is 2. The first kappa shape index (κ1) is 15.9. The lowest BCUT2D eigenvalue weighted by atomic mass is 9.87. The molecule has 0 saturated carbocycles. The van der Waals surface area contributed by atoms with E-state index in [1.165, 1.54) is 0 Å². The second kappa shape index (κ2) is 6.36. The van der Waals surface area contributed by atoms with Gasteiger partial charge in [-0.3, -0.25) is 0 Å². The summed E-state index contributed by atoms with van der Waals surface area (Å²) in [7, 11) is 0. The minimum atomic E-state index is -1.07. The van der Waals surface area contributed by atoms with E-state index in [4.69, 9.17) is 9.63 Å². The number of aliphatic carboxylic acids is 1. The number of carboxylic acid groups (broad SMARTS) is 1. The molecule has 1 atom stereocenters. The molecule has 0 bridgehead atoms. The largest absolute Gasteiger partial charge is 0.480 e. The Kier molecular flexibility index (Phi) is 5.06. The second-order valence-electron chi connectivity index (χ2n) is 5.52. The SMILES string of the molecule is Cc1noc(CCNC(=O)NC(C(=O)O)C(C)(C)C)n1. The quantitative estimate of drug-likeness (QED) is 0.733. The molecule has 1 aromatic rings. The maximum atomic E-state index is 11.6. The van der Waals surface area contributed by atoms with E-state index in [0.717, 1.165) is 0 Å². The fourth-order valence-electron chi connectivity index (χ4n) is 1.56. The number of carboxylic acids is 1. The van der Waals surface area contributed by atoms with Crippen LogP contribution in [0.2, 0.25) is 0 Å². The van der Waals surface area contributed by atoms with Gasteiger partial charge in [-0.15, -0.1) is 0 Å². The summed E-state index contributed by atoms with van der Waals surface area (Å²) in [6.45, 7) is 7.21. The molecule has 3 N–H and O–H groups in total. The van der Waals surface area contributed by atoms with Crippen molar-refractivity contribution in [1.29, 1.82) is 0 Å². The maximum Gasteiger partial charge on any atom is 0.326 e. The van der Waals surface area contributed by atoms with Crippen LogP contribution < -0.4 is 10.6 Å². The third-order valence-corrected chi connectivity index (χ3v) is 2.58. The van der Waals surface area contributed by atoms with Gasteiger partial charge in [0.2, 0.25) is 5.89 Å².